The Labute approximate surface area is 181 Å². The third kappa shape index (κ3) is 5.85. The normalized spacial score (nSPS) is 12.4. The van der Waals surface area contributed by atoms with E-state index in [1.165, 1.54) is 0 Å². The number of benzene rings is 2. The van der Waals surface area contributed by atoms with E-state index in [-0.39, 0.29) is 5.75 Å². The lowest BCUT2D eigenvalue weighted by Crippen LogP contribution is -2.15. The Hall–Kier alpha value is -2.28. The van der Waals surface area contributed by atoms with Crippen LogP contribution in [0.4, 0.5) is 0 Å². The summed E-state index contributed by atoms with van der Waals surface area (Å²) in [6.45, 7) is 3.45. The molecule has 1 aromatic heterocycles. The summed E-state index contributed by atoms with van der Waals surface area (Å²) in [7, 11) is -2.46. The fraction of sp³-hybridized carbons (Fsp3) is 0.174. The van der Waals surface area contributed by atoms with E-state index in [9.17, 15) is 13.5 Å². The second-order valence-electron chi connectivity index (χ2n) is 7.29. The van der Waals surface area contributed by atoms with Crippen molar-refractivity contribution >= 4 is 38.3 Å². The summed E-state index contributed by atoms with van der Waals surface area (Å²) in [6.07, 6.45) is 3.72. The Morgan fingerprint density at radius 1 is 1.10 bits per heavy atom. The molecule has 3 rings (SSSR count). The predicted octanol–water partition coefficient (Wildman–Crippen LogP) is 4.77. The van der Waals surface area contributed by atoms with Crippen molar-refractivity contribution in [1.29, 1.82) is 0 Å². The van der Waals surface area contributed by atoms with Crippen molar-refractivity contribution in [3.05, 3.63) is 99.3 Å². The Morgan fingerprint density at radius 2 is 1.83 bits per heavy atom. The van der Waals surface area contributed by atoms with Crippen LogP contribution in [0, 0.1) is 0 Å². The second kappa shape index (κ2) is 9.03. The van der Waals surface area contributed by atoms with E-state index in [1.54, 1.807) is 20.0 Å². The maximum atomic E-state index is 11.0. The Balaban J connectivity index is 2.07. The van der Waals surface area contributed by atoms with E-state index in [1.807, 2.05) is 66.7 Å². The van der Waals surface area contributed by atoms with Gasteiger partial charge >= 0.3 is 0 Å². The van der Waals surface area contributed by atoms with Crippen LogP contribution in [0.2, 0.25) is 0 Å². The van der Waals surface area contributed by atoms with E-state index in [0.29, 0.717) is 0 Å². The van der Waals surface area contributed by atoms with Crippen LogP contribution in [-0.4, -0.2) is 18.5 Å². The number of hydrogen-bond acceptors (Lipinski definition) is 4. The zero-order valence-corrected chi connectivity index (χ0v) is 18.7. The van der Waals surface area contributed by atoms with Gasteiger partial charge in [-0.2, -0.15) is 0 Å². The molecule has 0 amide bonds. The molecule has 0 bridgehead atoms. The molecule has 29 heavy (non-hydrogen) atoms. The van der Waals surface area contributed by atoms with Gasteiger partial charge in [0.1, 0.15) is 10.7 Å². The number of hydrogen-bond donors (Lipinski definition) is 2. The Morgan fingerprint density at radius 3 is 2.38 bits per heavy atom. The van der Waals surface area contributed by atoms with Crippen LogP contribution in [0.15, 0.2) is 71.3 Å². The maximum absolute atomic E-state index is 11.0. The van der Waals surface area contributed by atoms with Crippen molar-refractivity contribution in [3.8, 4) is 0 Å². The van der Waals surface area contributed by atoms with Crippen molar-refractivity contribution in [2.75, 3.05) is 0 Å². The molecule has 150 valence electrons. The number of halogens is 1. The summed E-state index contributed by atoms with van der Waals surface area (Å²) >= 11 is 3.50. The van der Waals surface area contributed by atoms with Gasteiger partial charge < -0.3 is 5.11 Å². The monoisotopic (exact) mass is 471 g/mol. The molecule has 1 heterocycles. The van der Waals surface area contributed by atoms with E-state index in [2.05, 4.69) is 20.9 Å². The molecule has 3 aromatic rings. The molecule has 0 aliphatic heterocycles. The molecule has 0 unspecified atom stereocenters. The lowest BCUT2D eigenvalue weighted by atomic mass is 9.96. The molecular formula is C23H22BrNO3S. The minimum atomic E-state index is -2.46. The van der Waals surface area contributed by atoms with Crippen LogP contribution in [0.25, 0.3) is 11.6 Å². The summed E-state index contributed by atoms with van der Waals surface area (Å²) in [5.41, 5.74) is 4.13. The van der Waals surface area contributed by atoms with Crippen molar-refractivity contribution in [1.82, 2.24) is 4.98 Å². The molecule has 0 aliphatic carbocycles. The van der Waals surface area contributed by atoms with Crippen molar-refractivity contribution < 1.29 is 13.5 Å². The topological polar surface area (TPSA) is 67.3 Å². The largest absolute Gasteiger partial charge is 0.386 e. The third-order valence-corrected chi connectivity index (χ3v) is 5.60. The van der Waals surface area contributed by atoms with Crippen LogP contribution in [0.3, 0.4) is 0 Å². The molecule has 0 atom stereocenters. The van der Waals surface area contributed by atoms with Gasteiger partial charge in [-0.15, -0.1) is 0 Å². The van der Waals surface area contributed by atoms with Gasteiger partial charge in [0.2, 0.25) is 0 Å². The maximum Gasteiger partial charge on any atom is 0.144 e. The van der Waals surface area contributed by atoms with Gasteiger partial charge in [-0.25, -0.2) is 8.42 Å². The highest BCUT2D eigenvalue weighted by molar-refractivity contribution is 9.10. The first-order valence-corrected chi connectivity index (χ1v) is 11.3. The standard InChI is InChI=1S/C23H22BrNO3S/c1-23(2,26)19-10-11-22(25-14-19)21(13-17-4-3-5-20(24)12-17)18-8-6-16(7-9-18)15-29(27)28/h3-14,26,29H,15H2,1-2H3/b21-13+. The minimum absolute atomic E-state index is 0.0266. The summed E-state index contributed by atoms with van der Waals surface area (Å²) < 4.78 is 22.9. The molecule has 2 aromatic carbocycles. The van der Waals surface area contributed by atoms with Gasteiger partial charge in [-0.05, 0) is 54.8 Å². The van der Waals surface area contributed by atoms with Crippen molar-refractivity contribution in [2.24, 2.45) is 0 Å². The fourth-order valence-electron chi connectivity index (χ4n) is 2.92. The van der Waals surface area contributed by atoms with Crippen LogP contribution in [0.5, 0.6) is 0 Å². The highest BCUT2D eigenvalue weighted by Crippen LogP contribution is 2.28. The lowest BCUT2D eigenvalue weighted by Gasteiger charge is -2.18. The fourth-order valence-corrected chi connectivity index (χ4v) is 3.85. The first-order valence-electron chi connectivity index (χ1n) is 9.10. The lowest BCUT2D eigenvalue weighted by molar-refractivity contribution is 0.0782. The van der Waals surface area contributed by atoms with Crippen LogP contribution >= 0.6 is 15.9 Å². The number of thiol groups is 1. The smallest absolute Gasteiger partial charge is 0.144 e. The average Bonchev–Trinajstić information content (AvgIpc) is 2.66. The van der Waals surface area contributed by atoms with E-state index in [0.717, 1.165) is 38.0 Å². The van der Waals surface area contributed by atoms with E-state index >= 15 is 0 Å². The first kappa shape index (κ1) is 21.4. The van der Waals surface area contributed by atoms with Gasteiger partial charge in [-0.1, -0.05) is 58.4 Å². The SMILES string of the molecule is CC(C)(O)c1ccc(/C(=C/c2cccc(Br)c2)c2ccc(C[SH](=O)=O)cc2)nc1. The molecule has 1 N–H and O–H groups in total. The summed E-state index contributed by atoms with van der Waals surface area (Å²) in [6, 6.07) is 19.2. The highest BCUT2D eigenvalue weighted by atomic mass is 79.9. The van der Waals surface area contributed by atoms with Gasteiger partial charge in [0.15, 0.2) is 0 Å². The first-order chi connectivity index (χ1) is 13.7. The predicted molar refractivity (Wildman–Crippen MR) is 121 cm³/mol. The third-order valence-electron chi connectivity index (χ3n) is 4.48. The van der Waals surface area contributed by atoms with Gasteiger partial charge in [0.05, 0.1) is 17.0 Å². The molecule has 0 saturated carbocycles. The number of aromatic nitrogens is 1. The Bertz CT molecular complexity index is 1090. The second-order valence-corrected chi connectivity index (χ2v) is 9.19. The quantitative estimate of drug-likeness (QED) is 0.401. The molecule has 4 nitrogen and oxygen atoms in total. The zero-order valence-electron chi connectivity index (χ0n) is 16.2. The van der Waals surface area contributed by atoms with Crippen LogP contribution in [0.1, 0.15) is 41.8 Å². The average molecular weight is 472 g/mol. The molecule has 0 radical (unpaired) electrons. The van der Waals surface area contributed by atoms with Crippen LogP contribution < -0.4 is 0 Å². The van der Waals surface area contributed by atoms with E-state index in [4.69, 9.17) is 0 Å². The molecule has 0 fully saturated rings. The van der Waals surface area contributed by atoms with Crippen molar-refractivity contribution in [2.45, 2.75) is 25.2 Å². The molecule has 0 spiro atoms. The van der Waals surface area contributed by atoms with Crippen molar-refractivity contribution in [3.63, 3.8) is 0 Å². The summed E-state index contributed by atoms with van der Waals surface area (Å²) in [5, 5.41) is 10.2. The zero-order chi connectivity index (χ0) is 21.0. The number of aliphatic hydroxyl groups is 1. The van der Waals surface area contributed by atoms with E-state index < -0.39 is 16.3 Å². The van der Waals surface area contributed by atoms with Gasteiger partial charge in [-0.3, -0.25) is 4.98 Å². The number of nitrogens with zero attached hydrogens (tertiary/aromatic N) is 1. The summed E-state index contributed by atoms with van der Waals surface area (Å²) in [4.78, 5) is 4.57. The highest BCUT2D eigenvalue weighted by Gasteiger charge is 2.17. The molecular weight excluding hydrogens is 450 g/mol. The molecule has 0 saturated heterocycles. The molecule has 0 aliphatic rings. The number of rotatable bonds is 6. The summed E-state index contributed by atoms with van der Waals surface area (Å²) in [5.74, 6) is 0.0266. The Kier molecular flexibility index (Phi) is 6.67. The van der Waals surface area contributed by atoms with Gasteiger partial charge in [0.25, 0.3) is 0 Å². The van der Waals surface area contributed by atoms with Gasteiger partial charge in [0, 0.05) is 21.8 Å². The van der Waals surface area contributed by atoms with Crippen LogP contribution in [-0.2, 0) is 22.1 Å². The number of pyridine rings is 1. The molecule has 6 heteroatoms. The minimum Gasteiger partial charge on any atom is -0.386 e.